The third-order valence-corrected chi connectivity index (χ3v) is 4.77. The Balaban J connectivity index is 1.79. The molecule has 1 fully saturated rings. The number of ether oxygens (including phenoxy) is 1. The maximum absolute atomic E-state index is 12.7. The van der Waals surface area contributed by atoms with Crippen LogP contribution in [-0.2, 0) is 9.53 Å². The van der Waals surface area contributed by atoms with Gasteiger partial charge >= 0.3 is 5.97 Å². The summed E-state index contributed by atoms with van der Waals surface area (Å²) in [6, 6.07) is 15.2. The molecular weight excluding hydrogens is 302 g/mol. The van der Waals surface area contributed by atoms with Crippen molar-refractivity contribution in [2.24, 2.45) is 11.8 Å². The molecule has 2 aromatic rings. The van der Waals surface area contributed by atoms with E-state index in [2.05, 4.69) is 0 Å². The molecule has 0 aliphatic heterocycles. The second-order valence-corrected chi connectivity index (χ2v) is 6.23. The molecule has 0 spiro atoms. The van der Waals surface area contributed by atoms with E-state index in [1.165, 1.54) is 7.11 Å². The van der Waals surface area contributed by atoms with E-state index < -0.39 is 0 Å². The highest BCUT2D eigenvalue weighted by Crippen LogP contribution is 2.35. The van der Waals surface area contributed by atoms with E-state index in [0.29, 0.717) is 5.56 Å². The summed E-state index contributed by atoms with van der Waals surface area (Å²) in [4.78, 5) is 24.6. The summed E-state index contributed by atoms with van der Waals surface area (Å²) < 4.78 is 4.84. The fraction of sp³-hybridized carbons (Fsp3) is 0.300. The summed E-state index contributed by atoms with van der Waals surface area (Å²) in [7, 11) is 1.38. The predicted octanol–water partition coefficient (Wildman–Crippen LogP) is 3.71. The molecule has 1 aliphatic rings. The standard InChI is InChI=1S/C20H21NO3/c1-24-20(23)18-4-2-3-17(18)19(22)15-7-5-13(6-8-15)14-9-11-16(21)12-10-14/h5-12,17-18H,2-4,21H2,1H3/t17-,18-/m0/s1. The van der Waals surface area contributed by atoms with Crippen molar-refractivity contribution in [2.45, 2.75) is 19.3 Å². The summed E-state index contributed by atoms with van der Waals surface area (Å²) in [5.41, 5.74) is 9.16. The van der Waals surface area contributed by atoms with Crippen LogP contribution < -0.4 is 5.73 Å². The number of hydrogen-bond acceptors (Lipinski definition) is 4. The van der Waals surface area contributed by atoms with Crippen molar-refractivity contribution < 1.29 is 14.3 Å². The Morgan fingerprint density at radius 1 is 0.917 bits per heavy atom. The lowest BCUT2D eigenvalue weighted by atomic mass is 9.88. The monoisotopic (exact) mass is 323 g/mol. The number of esters is 1. The first kappa shape index (κ1) is 16.2. The number of carbonyl (C=O) groups is 2. The van der Waals surface area contributed by atoms with Crippen LogP contribution >= 0.6 is 0 Å². The van der Waals surface area contributed by atoms with Crippen LogP contribution in [0.2, 0.25) is 0 Å². The minimum Gasteiger partial charge on any atom is -0.469 e. The molecule has 0 aromatic heterocycles. The predicted molar refractivity (Wildman–Crippen MR) is 93.5 cm³/mol. The van der Waals surface area contributed by atoms with E-state index >= 15 is 0 Å². The van der Waals surface area contributed by atoms with Crippen molar-refractivity contribution in [2.75, 3.05) is 12.8 Å². The number of nitrogen functional groups attached to an aromatic ring is 1. The molecule has 0 heterocycles. The fourth-order valence-corrected chi connectivity index (χ4v) is 3.42. The van der Waals surface area contributed by atoms with Gasteiger partial charge in [-0.05, 0) is 36.1 Å². The normalized spacial score (nSPS) is 19.9. The average molecular weight is 323 g/mol. The lowest BCUT2D eigenvalue weighted by molar-refractivity contribution is -0.146. The molecule has 2 aromatic carbocycles. The van der Waals surface area contributed by atoms with E-state index in [9.17, 15) is 9.59 Å². The van der Waals surface area contributed by atoms with Crippen LogP contribution in [0.4, 0.5) is 5.69 Å². The van der Waals surface area contributed by atoms with E-state index in [-0.39, 0.29) is 23.6 Å². The maximum atomic E-state index is 12.7. The molecule has 0 unspecified atom stereocenters. The van der Waals surface area contributed by atoms with Crippen LogP contribution in [0.1, 0.15) is 29.6 Å². The Morgan fingerprint density at radius 2 is 1.46 bits per heavy atom. The maximum Gasteiger partial charge on any atom is 0.309 e. The number of carbonyl (C=O) groups excluding carboxylic acids is 2. The van der Waals surface area contributed by atoms with Crippen LogP contribution in [-0.4, -0.2) is 18.9 Å². The first-order chi connectivity index (χ1) is 11.6. The molecule has 2 N–H and O–H groups in total. The molecule has 4 nitrogen and oxygen atoms in total. The Labute approximate surface area is 141 Å². The number of methoxy groups -OCH3 is 1. The highest BCUT2D eigenvalue weighted by molar-refractivity contribution is 6.00. The third-order valence-electron chi connectivity index (χ3n) is 4.77. The largest absolute Gasteiger partial charge is 0.469 e. The smallest absolute Gasteiger partial charge is 0.309 e. The van der Waals surface area contributed by atoms with Crippen molar-refractivity contribution in [1.82, 2.24) is 0 Å². The second kappa shape index (κ2) is 6.87. The topological polar surface area (TPSA) is 69.4 Å². The van der Waals surface area contributed by atoms with Crippen LogP contribution in [0.5, 0.6) is 0 Å². The summed E-state index contributed by atoms with van der Waals surface area (Å²) >= 11 is 0. The molecule has 3 rings (SSSR count). The average Bonchev–Trinajstić information content (AvgIpc) is 3.11. The van der Waals surface area contributed by atoms with E-state index in [4.69, 9.17) is 10.5 Å². The van der Waals surface area contributed by atoms with Gasteiger partial charge in [0.15, 0.2) is 5.78 Å². The van der Waals surface area contributed by atoms with Crippen molar-refractivity contribution in [3.05, 3.63) is 54.1 Å². The summed E-state index contributed by atoms with van der Waals surface area (Å²) in [5, 5.41) is 0. The van der Waals surface area contributed by atoms with Crippen molar-refractivity contribution in [3.63, 3.8) is 0 Å². The molecule has 0 bridgehead atoms. The fourth-order valence-electron chi connectivity index (χ4n) is 3.42. The van der Waals surface area contributed by atoms with E-state index in [1.807, 2.05) is 48.5 Å². The molecule has 4 heteroatoms. The summed E-state index contributed by atoms with van der Waals surface area (Å²) in [5.74, 6) is -0.810. The number of Topliss-reactive ketones (excluding diaryl/α,β-unsaturated/α-hetero) is 1. The van der Waals surface area contributed by atoms with Gasteiger partial charge in [0.1, 0.15) is 0 Å². The van der Waals surface area contributed by atoms with Gasteiger partial charge in [0.25, 0.3) is 0 Å². The zero-order valence-corrected chi connectivity index (χ0v) is 13.7. The van der Waals surface area contributed by atoms with Gasteiger partial charge < -0.3 is 10.5 Å². The third kappa shape index (κ3) is 3.18. The van der Waals surface area contributed by atoms with Crippen LogP contribution in [0.15, 0.2) is 48.5 Å². The minimum atomic E-state index is -0.306. The summed E-state index contributed by atoms with van der Waals surface area (Å²) in [6.07, 6.45) is 2.37. The first-order valence-electron chi connectivity index (χ1n) is 8.18. The quantitative estimate of drug-likeness (QED) is 0.529. The Hall–Kier alpha value is -2.62. The van der Waals surface area contributed by atoms with Gasteiger partial charge in [-0.1, -0.05) is 42.8 Å². The van der Waals surface area contributed by atoms with Gasteiger partial charge in [0, 0.05) is 17.2 Å². The van der Waals surface area contributed by atoms with Gasteiger partial charge in [-0.3, -0.25) is 9.59 Å². The van der Waals surface area contributed by atoms with Gasteiger partial charge in [-0.2, -0.15) is 0 Å². The first-order valence-corrected chi connectivity index (χ1v) is 8.18. The molecule has 0 radical (unpaired) electrons. The molecule has 1 saturated carbocycles. The van der Waals surface area contributed by atoms with Crippen molar-refractivity contribution >= 4 is 17.4 Å². The molecule has 124 valence electrons. The SMILES string of the molecule is COC(=O)[C@H]1CCC[C@@H]1C(=O)c1ccc(-c2ccc(N)cc2)cc1. The zero-order chi connectivity index (χ0) is 17.1. The highest BCUT2D eigenvalue weighted by Gasteiger charge is 2.38. The molecule has 2 atom stereocenters. The molecular formula is C20H21NO3. The van der Waals surface area contributed by atoms with Crippen LogP contribution in [0.25, 0.3) is 11.1 Å². The highest BCUT2D eigenvalue weighted by atomic mass is 16.5. The van der Waals surface area contributed by atoms with Crippen molar-refractivity contribution in [3.8, 4) is 11.1 Å². The Kier molecular flexibility index (Phi) is 4.65. The van der Waals surface area contributed by atoms with E-state index in [0.717, 1.165) is 36.1 Å². The lowest BCUT2D eigenvalue weighted by Gasteiger charge is -2.16. The number of ketones is 1. The molecule has 1 aliphatic carbocycles. The van der Waals surface area contributed by atoms with E-state index in [1.54, 1.807) is 0 Å². The second-order valence-electron chi connectivity index (χ2n) is 6.23. The van der Waals surface area contributed by atoms with Gasteiger partial charge in [0.05, 0.1) is 13.0 Å². The number of anilines is 1. The lowest BCUT2D eigenvalue weighted by Crippen LogP contribution is -2.26. The number of hydrogen-bond donors (Lipinski definition) is 1. The van der Waals surface area contributed by atoms with Gasteiger partial charge in [-0.25, -0.2) is 0 Å². The van der Waals surface area contributed by atoms with Crippen LogP contribution in [0, 0.1) is 11.8 Å². The minimum absolute atomic E-state index is 0.0340. The van der Waals surface area contributed by atoms with Crippen molar-refractivity contribution in [1.29, 1.82) is 0 Å². The Morgan fingerprint density at radius 3 is 2.04 bits per heavy atom. The Bertz CT molecular complexity index is 734. The number of rotatable bonds is 4. The molecule has 24 heavy (non-hydrogen) atoms. The number of nitrogens with two attached hydrogens (primary N) is 1. The summed E-state index contributed by atoms with van der Waals surface area (Å²) in [6.45, 7) is 0. The molecule has 0 saturated heterocycles. The number of benzene rings is 2. The van der Waals surface area contributed by atoms with Gasteiger partial charge in [0.2, 0.25) is 0 Å². The zero-order valence-electron chi connectivity index (χ0n) is 13.7. The van der Waals surface area contributed by atoms with Gasteiger partial charge in [-0.15, -0.1) is 0 Å². The molecule has 0 amide bonds. The van der Waals surface area contributed by atoms with Crippen LogP contribution in [0.3, 0.4) is 0 Å².